The van der Waals surface area contributed by atoms with Crippen molar-refractivity contribution in [1.29, 1.82) is 0 Å². The van der Waals surface area contributed by atoms with Crippen LogP contribution in [0.3, 0.4) is 0 Å². The molecule has 1 aromatic heterocycles. The van der Waals surface area contributed by atoms with Crippen LogP contribution in [-0.2, 0) is 30.6 Å². The molecular weight excluding hydrogens is 529 g/mol. The number of aromatic nitrogens is 2. The predicted octanol–water partition coefficient (Wildman–Crippen LogP) is 7.20. The van der Waals surface area contributed by atoms with Gasteiger partial charge >= 0.3 is 5.97 Å². The lowest BCUT2D eigenvalue weighted by Gasteiger charge is -2.28. The van der Waals surface area contributed by atoms with E-state index in [0.717, 1.165) is 83.1 Å². The molecule has 0 atom stereocenters. The van der Waals surface area contributed by atoms with Crippen molar-refractivity contribution in [3.63, 3.8) is 0 Å². The second kappa shape index (κ2) is 14.9. The average Bonchev–Trinajstić information content (AvgIpc) is 3.25. The summed E-state index contributed by atoms with van der Waals surface area (Å²) in [4.78, 5) is 18.7. The van der Waals surface area contributed by atoms with Gasteiger partial charge in [-0.2, -0.15) is 0 Å². The highest BCUT2D eigenvalue weighted by Gasteiger charge is 2.27. The van der Waals surface area contributed by atoms with Crippen molar-refractivity contribution in [2.24, 2.45) is 5.92 Å². The number of benzene rings is 2. The van der Waals surface area contributed by atoms with Gasteiger partial charge in [0, 0.05) is 43.7 Å². The summed E-state index contributed by atoms with van der Waals surface area (Å²) >= 11 is 0. The molecule has 7 heteroatoms. The summed E-state index contributed by atoms with van der Waals surface area (Å²) in [5.41, 5.74) is 6.68. The van der Waals surface area contributed by atoms with E-state index in [-0.39, 0.29) is 24.8 Å². The van der Waals surface area contributed by atoms with Gasteiger partial charge in [0.2, 0.25) is 0 Å². The Labute approximate surface area is 245 Å². The number of nitrogens with zero attached hydrogens (tertiary/aromatic N) is 3. The van der Waals surface area contributed by atoms with Crippen molar-refractivity contribution in [3.8, 4) is 11.3 Å². The number of carboxylic acid groups (broad SMARTS) is 1. The van der Waals surface area contributed by atoms with Crippen LogP contribution in [0.1, 0.15) is 73.4 Å². The van der Waals surface area contributed by atoms with Gasteiger partial charge < -0.3 is 14.6 Å². The Hall–Kier alpha value is -2.34. The molecule has 2 aromatic carbocycles. The number of halogens is 2. The normalized spacial score (nSPS) is 19.3. The predicted molar refractivity (Wildman–Crippen MR) is 163 cm³/mol. The first-order chi connectivity index (χ1) is 18.0. The maximum atomic E-state index is 11.0. The molecule has 1 saturated carbocycles. The molecule has 5 rings (SSSR count). The van der Waals surface area contributed by atoms with E-state index in [1.165, 1.54) is 28.1 Å². The van der Waals surface area contributed by atoms with Crippen LogP contribution in [0.2, 0.25) is 0 Å². The van der Waals surface area contributed by atoms with E-state index >= 15 is 0 Å². The summed E-state index contributed by atoms with van der Waals surface area (Å²) in [6, 6.07) is 17.7. The number of aliphatic carboxylic acids is 1. The minimum absolute atomic E-state index is 0. The molecule has 212 valence electrons. The number of hydrogen-bond acceptors (Lipinski definition) is 3. The minimum Gasteiger partial charge on any atom is -0.481 e. The van der Waals surface area contributed by atoms with E-state index in [1.54, 1.807) is 0 Å². The minimum atomic E-state index is -0.673. The van der Waals surface area contributed by atoms with E-state index in [4.69, 9.17) is 10.1 Å². The molecule has 2 aliphatic rings. The first-order valence-corrected chi connectivity index (χ1v) is 14.2. The lowest BCUT2D eigenvalue weighted by atomic mass is 9.79. The van der Waals surface area contributed by atoms with E-state index in [0.29, 0.717) is 18.3 Å². The largest absolute Gasteiger partial charge is 0.481 e. The smallest absolute Gasteiger partial charge is 0.303 e. The second-order valence-electron chi connectivity index (χ2n) is 11.2. The van der Waals surface area contributed by atoms with Crippen LogP contribution in [0.5, 0.6) is 0 Å². The summed E-state index contributed by atoms with van der Waals surface area (Å²) in [7, 11) is 2.21. The molecule has 0 amide bonds. The van der Waals surface area contributed by atoms with Gasteiger partial charge in [0.1, 0.15) is 5.82 Å². The summed E-state index contributed by atoms with van der Waals surface area (Å²) < 4.78 is 2.43. The number of carbonyl (C=O) groups is 1. The van der Waals surface area contributed by atoms with Crippen molar-refractivity contribution in [2.75, 3.05) is 20.1 Å². The zero-order valence-electron chi connectivity index (χ0n) is 23.1. The Bertz CT molecular complexity index is 1190. The van der Waals surface area contributed by atoms with Gasteiger partial charge in [0.05, 0.1) is 5.69 Å². The third-order valence-corrected chi connectivity index (χ3v) is 8.52. The number of likely N-dealkylation sites (N-methyl/N-ethyl adjacent to an activating group) is 1. The maximum Gasteiger partial charge on any atom is 0.303 e. The van der Waals surface area contributed by atoms with E-state index in [9.17, 15) is 4.79 Å². The van der Waals surface area contributed by atoms with Gasteiger partial charge in [-0.25, -0.2) is 4.98 Å². The van der Waals surface area contributed by atoms with E-state index in [1.807, 2.05) is 0 Å². The van der Waals surface area contributed by atoms with Gasteiger partial charge in [-0.1, -0.05) is 42.5 Å². The number of rotatable bonds is 9. The topological polar surface area (TPSA) is 58.4 Å². The van der Waals surface area contributed by atoms with Crippen LogP contribution < -0.4 is 0 Å². The van der Waals surface area contributed by atoms with E-state index < -0.39 is 5.97 Å². The van der Waals surface area contributed by atoms with Crippen LogP contribution in [0, 0.1) is 5.92 Å². The number of hydrogen-bond donors (Lipinski definition) is 1. The van der Waals surface area contributed by atoms with Gasteiger partial charge in [0.15, 0.2) is 0 Å². The lowest BCUT2D eigenvalue weighted by molar-refractivity contribution is -0.137. The third-order valence-electron chi connectivity index (χ3n) is 8.52. The van der Waals surface area contributed by atoms with Gasteiger partial charge in [-0.15, -0.1) is 24.8 Å². The SMILES string of the molecule is CN1CCc2ccc(-c3cn(CCCc4ccccc4)c(C4CCC(CCC(=O)O)CC4)n3)cc2CC1.Cl.Cl. The molecule has 5 nitrogen and oxygen atoms in total. The van der Waals surface area contributed by atoms with Crippen molar-refractivity contribution in [3.05, 3.63) is 77.2 Å². The summed E-state index contributed by atoms with van der Waals surface area (Å²) in [5, 5.41) is 9.07. The molecular formula is C32H43Cl2N3O2. The molecule has 1 N–H and O–H groups in total. The van der Waals surface area contributed by atoms with Crippen molar-refractivity contribution in [1.82, 2.24) is 14.5 Å². The van der Waals surface area contributed by atoms with Gasteiger partial charge in [0.25, 0.3) is 0 Å². The zero-order chi connectivity index (χ0) is 25.6. The second-order valence-corrected chi connectivity index (χ2v) is 11.2. The van der Waals surface area contributed by atoms with Crippen LogP contribution in [-0.4, -0.2) is 45.7 Å². The third kappa shape index (κ3) is 8.33. The molecule has 0 radical (unpaired) electrons. The van der Waals surface area contributed by atoms with Crippen molar-refractivity contribution < 1.29 is 9.90 Å². The molecule has 0 bridgehead atoms. The maximum absolute atomic E-state index is 11.0. The molecule has 1 fully saturated rings. The summed E-state index contributed by atoms with van der Waals surface area (Å²) in [6.07, 6.45) is 12.2. The lowest BCUT2D eigenvalue weighted by Crippen LogP contribution is -2.20. The Morgan fingerprint density at radius 2 is 1.69 bits per heavy atom. The van der Waals surface area contributed by atoms with E-state index in [2.05, 4.69) is 71.2 Å². The van der Waals surface area contributed by atoms with Crippen LogP contribution in [0.25, 0.3) is 11.3 Å². The number of aryl methyl sites for hydroxylation is 2. The quantitative estimate of drug-likeness (QED) is 0.295. The highest BCUT2D eigenvalue weighted by atomic mass is 35.5. The number of carboxylic acids is 1. The molecule has 39 heavy (non-hydrogen) atoms. The fourth-order valence-corrected chi connectivity index (χ4v) is 6.21. The Balaban J connectivity index is 0.00000210. The Kier molecular flexibility index (Phi) is 11.9. The first kappa shape index (κ1) is 31.2. The standard InChI is InChI=1S/C32H41N3O2.2ClH/c1-34-20-17-26-14-15-29(22-28(26)18-21-34)30-23-35(19-5-8-24-6-3-2-4-7-24)32(33-30)27-12-9-25(10-13-27)11-16-31(36)37;;/h2-4,6-7,14-15,22-23,25,27H,5,8-13,16-21H2,1H3,(H,36,37);2*1H. The van der Waals surface area contributed by atoms with Gasteiger partial charge in [-0.3, -0.25) is 4.79 Å². The molecule has 3 aromatic rings. The summed E-state index contributed by atoms with van der Waals surface area (Å²) in [5.74, 6) is 1.56. The van der Waals surface area contributed by atoms with Crippen LogP contribution in [0.4, 0.5) is 0 Å². The number of imidazole rings is 1. The first-order valence-electron chi connectivity index (χ1n) is 14.2. The van der Waals surface area contributed by atoms with Gasteiger partial charge in [-0.05, 0) is 93.5 Å². The Morgan fingerprint density at radius 3 is 2.41 bits per heavy atom. The fourth-order valence-electron chi connectivity index (χ4n) is 6.21. The average molecular weight is 573 g/mol. The van der Waals surface area contributed by atoms with Crippen molar-refractivity contribution in [2.45, 2.75) is 76.7 Å². The molecule has 0 spiro atoms. The van der Waals surface area contributed by atoms with Crippen LogP contribution in [0.15, 0.2) is 54.7 Å². The highest BCUT2D eigenvalue weighted by molar-refractivity contribution is 5.85. The molecule has 1 aliphatic carbocycles. The molecule has 2 heterocycles. The fraction of sp³-hybridized carbons (Fsp3) is 0.500. The molecule has 0 saturated heterocycles. The molecule has 1 aliphatic heterocycles. The zero-order valence-corrected chi connectivity index (χ0v) is 24.7. The number of fused-ring (bicyclic) bond motifs is 1. The monoisotopic (exact) mass is 571 g/mol. The van der Waals surface area contributed by atoms with Crippen molar-refractivity contribution >= 4 is 30.8 Å². The van der Waals surface area contributed by atoms with Crippen LogP contribution >= 0.6 is 24.8 Å². The summed E-state index contributed by atoms with van der Waals surface area (Å²) in [6.45, 7) is 3.22. The molecule has 0 unspecified atom stereocenters. The highest BCUT2D eigenvalue weighted by Crippen LogP contribution is 2.38. The Morgan fingerprint density at radius 1 is 0.974 bits per heavy atom.